The SMILES string of the molecule is CNC(=O)CN1CCC(NCc2ccc(F)cc2C)CC1. The average Bonchev–Trinajstić information content (AvgIpc) is 2.48. The Labute approximate surface area is 125 Å². The fourth-order valence-electron chi connectivity index (χ4n) is 2.69. The van der Waals surface area contributed by atoms with Gasteiger partial charge in [-0.2, -0.15) is 0 Å². The van der Waals surface area contributed by atoms with Crippen LogP contribution in [0.15, 0.2) is 18.2 Å². The van der Waals surface area contributed by atoms with Crippen molar-refractivity contribution in [1.29, 1.82) is 0 Å². The van der Waals surface area contributed by atoms with Crippen LogP contribution in [-0.4, -0.2) is 43.5 Å². The van der Waals surface area contributed by atoms with E-state index in [1.54, 1.807) is 13.1 Å². The zero-order valence-corrected chi connectivity index (χ0v) is 12.8. The van der Waals surface area contributed by atoms with Gasteiger partial charge in [0.1, 0.15) is 5.82 Å². The summed E-state index contributed by atoms with van der Waals surface area (Å²) in [6, 6.07) is 5.40. The first-order valence-electron chi connectivity index (χ1n) is 7.50. The Bertz CT molecular complexity index is 484. The molecule has 0 unspecified atom stereocenters. The van der Waals surface area contributed by atoms with Gasteiger partial charge in [0.25, 0.3) is 0 Å². The molecule has 1 aromatic rings. The lowest BCUT2D eigenvalue weighted by Gasteiger charge is -2.32. The Morgan fingerprint density at radius 2 is 2.10 bits per heavy atom. The normalized spacial score (nSPS) is 16.9. The third-order valence-corrected chi connectivity index (χ3v) is 4.12. The van der Waals surface area contributed by atoms with Gasteiger partial charge in [0.15, 0.2) is 0 Å². The predicted octanol–water partition coefficient (Wildman–Crippen LogP) is 1.43. The summed E-state index contributed by atoms with van der Waals surface area (Å²) in [6.45, 7) is 5.07. The highest BCUT2D eigenvalue weighted by molar-refractivity contribution is 5.77. The van der Waals surface area contributed by atoms with Crippen LogP contribution < -0.4 is 10.6 Å². The van der Waals surface area contributed by atoms with Crippen LogP contribution in [0.4, 0.5) is 4.39 Å². The van der Waals surface area contributed by atoms with Crippen LogP contribution in [0.1, 0.15) is 24.0 Å². The van der Waals surface area contributed by atoms with E-state index in [9.17, 15) is 9.18 Å². The van der Waals surface area contributed by atoms with Crippen molar-refractivity contribution in [3.8, 4) is 0 Å². The van der Waals surface area contributed by atoms with Gasteiger partial charge < -0.3 is 10.6 Å². The van der Waals surface area contributed by atoms with Crippen molar-refractivity contribution in [2.75, 3.05) is 26.7 Å². The van der Waals surface area contributed by atoms with Crippen molar-refractivity contribution >= 4 is 5.91 Å². The number of likely N-dealkylation sites (tertiary alicyclic amines) is 1. The van der Waals surface area contributed by atoms with E-state index in [1.165, 1.54) is 6.07 Å². The van der Waals surface area contributed by atoms with Crippen molar-refractivity contribution in [2.45, 2.75) is 32.4 Å². The number of hydrogen-bond donors (Lipinski definition) is 2. The smallest absolute Gasteiger partial charge is 0.233 e. The lowest BCUT2D eigenvalue weighted by Crippen LogP contribution is -2.45. The largest absolute Gasteiger partial charge is 0.358 e. The molecule has 0 spiro atoms. The third kappa shape index (κ3) is 4.79. The number of aryl methyl sites for hydroxylation is 1. The van der Waals surface area contributed by atoms with Crippen molar-refractivity contribution in [3.05, 3.63) is 35.1 Å². The minimum absolute atomic E-state index is 0.0725. The van der Waals surface area contributed by atoms with E-state index in [4.69, 9.17) is 0 Å². The number of likely N-dealkylation sites (N-methyl/N-ethyl adjacent to an activating group) is 1. The molecule has 0 aliphatic carbocycles. The second kappa shape index (κ2) is 7.52. The molecule has 0 radical (unpaired) electrons. The van der Waals surface area contributed by atoms with E-state index in [-0.39, 0.29) is 11.7 Å². The molecule has 5 heteroatoms. The molecule has 2 N–H and O–H groups in total. The van der Waals surface area contributed by atoms with Crippen molar-refractivity contribution in [2.24, 2.45) is 0 Å². The molecule has 4 nitrogen and oxygen atoms in total. The van der Waals surface area contributed by atoms with E-state index in [0.29, 0.717) is 12.6 Å². The van der Waals surface area contributed by atoms with Crippen LogP contribution >= 0.6 is 0 Å². The molecule has 0 atom stereocenters. The van der Waals surface area contributed by atoms with E-state index in [1.807, 2.05) is 13.0 Å². The Kier molecular flexibility index (Phi) is 5.70. The summed E-state index contributed by atoms with van der Waals surface area (Å²) < 4.78 is 13.1. The minimum Gasteiger partial charge on any atom is -0.358 e. The number of hydrogen-bond acceptors (Lipinski definition) is 3. The monoisotopic (exact) mass is 293 g/mol. The summed E-state index contributed by atoms with van der Waals surface area (Å²) >= 11 is 0. The third-order valence-electron chi connectivity index (χ3n) is 4.12. The first-order valence-corrected chi connectivity index (χ1v) is 7.50. The molecule has 116 valence electrons. The summed E-state index contributed by atoms with van der Waals surface area (Å²) in [7, 11) is 1.67. The lowest BCUT2D eigenvalue weighted by atomic mass is 10.0. The summed E-state index contributed by atoms with van der Waals surface area (Å²) in [6.07, 6.45) is 2.08. The number of piperidine rings is 1. The van der Waals surface area contributed by atoms with Crippen LogP contribution in [0.25, 0.3) is 0 Å². The molecule has 1 fully saturated rings. The molecule has 1 amide bonds. The van der Waals surface area contributed by atoms with E-state index in [0.717, 1.165) is 43.6 Å². The second-order valence-electron chi connectivity index (χ2n) is 5.68. The topological polar surface area (TPSA) is 44.4 Å². The van der Waals surface area contributed by atoms with Gasteiger partial charge in [-0.3, -0.25) is 9.69 Å². The van der Waals surface area contributed by atoms with E-state index >= 15 is 0 Å². The van der Waals surface area contributed by atoms with Gasteiger partial charge in [0, 0.05) is 32.7 Å². The number of nitrogens with one attached hydrogen (secondary N) is 2. The Balaban J connectivity index is 1.75. The Morgan fingerprint density at radius 3 is 2.71 bits per heavy atom. The van der Waals surface area contributed by atoms with Crippen LogP contribution in [0.5, 0.6) is 0 Å². The number of amides is 1. The fourth-order valence-corrected chi connectivity index (χ4v) is 2.69. The van der Waals surface area contributed by atoms with E-state index in [2.05, 4.69) is 15.5 Å². The maximum absolute atomic E-state index is 13.1. The molecule has 1 heterocycles. The molecule has 0 saturated carbocycles. The van der Waals surface area contributed by atoms with Crippen LogP contribution in [0.2, 0.25) is 0 Å². The highest BCUT2D eigenvalue weighted by atomic mass is 19.1. The molecule has 1 saturated heterocycles. The Hall–Kier alpha value is -1.46. The highest BCUT2D eigenvalue weighted by Gasteiger charge is 2.20. The molecule has 1 aromatic carbocycles. The van der Waals surface area contributed by atoms with Gasteiger partial charge in [-0.15, -0.1) is 0 Å². The average molecular weight is 293 g/mol. The molecule has 0 bridgehead atoms. The number of halogens is 1. The molecular weight excluding hydrogens is 269 g/mol. The van der Waals surface area contributed by atoms with Gasteiger partial charge in [-0.05, 0) is 43.0 Å². The maximum atomic E-state index is 13.1. The van der Waals surface area contributed by atoms with Crippen molar-refractivity contribution in [1.82, 2.24) is 15.5 Å². The lowest BCUT2D eigenvalue weighted by molar-refractivity contribution is -0.122. The van der Waals surface area contributed by atoms with Crippen LogP contribution in [0, 0.1) is 12.7 Å². The van der Waals surface area contributed by atoms with Gasteiger partial charge in [-0.1, -0.05) is 6.07 Å². The van der Waals surface area contributed by atoms with Gasteiger partial charge in [0.2, 0.25) is 5.91 Å². The zero-order chi connectivity index (χ0) is 15.2. The van der Waals surface area contributed by atoms with Crippen molar-refractivity contribution in [3.63, 3.8) is 0 Å². The first-order chi connectivity index (χ1) is 10.1. The predicted molar refractivity (Wildman–Crippen MR) is 81.5 cm³/mol. The Morgan fingerprint density at radius 1 is 1.38 bits per heavy atom. The zero-order valence-electron chi connectivity index (χ0n) is 12.8. The van der Waals surface area contributed by atoms with Gasteiger partial charge >= 0.3 is 0 Å². The molecule has 1 aliphatic rings. The maximum Gasteiger partial charge on any atom is 0.233 e. The number of benzene rings is 1. The summed E-state index contributed by atoms with van der Waals surface area (Å²) in [5.41, 5.74) is 2.13. The summed E-state index contributed by atoms with van der Waals surface area (Å²) in [4.78, 5) is 13.5. The summed E-state index contributed by atoms with van der Waals surface area (Å²) in [5.74, 6) is -0.109. The number of rotatable bonds is 5. The molecule has 0 aromatic heterocycles. The van der Waals surface area contributed by atoms with Gasteiger partial charge in [0.05, 0.1) is 6.54 Å². The number of carbonyl (C=O) groups is 1. The number of nitrogens with zero attached hydrogens (tertiary/aromatic N) is 1. The molecule has 21 heavy (non-hydrogen) atoms. The number of carbonyl (C=O) groups excluding carboxylic acids is 1. The highest BCUT2D eigenvalue weighted by Crippen LogP contribution is 2.13. The van der Waals surface area contributed by atoms with Crippen LogP contribution in [-0.2, 0) is 11.3 Å². The summed E-state index contributed by atoms with van der Waals surface area (Å²) in [5, 5.41) is 6.19. The van der Waals surface area contributed by atoms with Crippen LogP contribution in [0.3, 0.4) is 0 Å². The second-order valence-corrected chi connectivity index (χ2v) is 5.68. The van der Waals surface area contributed by atoms with E-state index < -0.39 is 0 Å². The first kappa shape index (κ1) is 15.9. The molecule has 1 aliphatic heterocycles. The van der Waals surface area contributed by atoms with Crippen molar-refractivity contribution < 1.29 is 9.18 Å². The molecule has 2 rings (SSSR count). The quantitative estimate of drug-likeness (QED) is 0.863. The fraction of sp³-hybridized carbons (Fsp3) is 0.562. The minimum atomic E-state index is -0.182. The van der Waals surface area contributed by atoms with Gasteiger partial charge in [-0.25, -0.2) is 4.39 Å². The molecular formula is C16H24FN3O. The standard InChI is InChI=1S/C16H24FN3O/c1-12-9-14(17)4-3-13(12)10-19-15-5-7-20(8-6-15)11-16(21)18-2/h3-4,9,15,19H,5-8,10-11H2,1-2H3,(H,18,21).